The molecule has 0 fully saturated rings. The van der Waals surface area contributed by atoms with E-state index in [1.54, 1.807) is 0 Å². The molecular formula is C10H15N9O2. The second-order valence-electron chi connectivity index (χ2n) is 3.96. The van der Waals surface area contributed by atoms with E-state index < -0.39 is 5.97 Å². The zero-order valence-corrected chi connectivity index (χ0v) is 11.6. The molecule has 0 aliphatic carbocycles. The van der Waals surface area contributed by atoms with E-state index in [9.17, 15) is 4.79 Å². The Balaban J connectivity index is 2.36. The molecular weight excluding hydrogens is 278 g/mol. The van der Waals surface area contributed by atoms with Crippen molar-refractivity contribution in [2.24, 2.45) is 10.3 Å². The van der Waals surface area contributed by atoms with Crippen LogP contribution in [0.4, 0.5) is 17.8 Å². The fourth-order valence-corrected chi connectivity index (χ4v) is 1.63. The van der Waals surface area contributed by atoms with E-state index in [1.165, 1.54) is 11.2 Å². The Labute approximate surface area is 120 Å². The van der Waals surface area contributed by atoms with Gasteiger partial charge >= 0.3 is 5.97 Å². The number of hydrogen-bond donors (Lipinski definition) is 3. The largest absolute Gasteiger partial charge is 0.476 e. The Morgan fingerprint density at radius 1 is 1.38 bits per heavy atom. The maximum absolute atomic E-state index is 10.9. The molecule has 1 aromatic rings. The maximum Gasteiger partial charge on any atom is 0.358 e. The fourth-order valence-electron chi connectivity index (χ4n) is 1.63. The third-order valence-corrected chi connectivity index (χ3v) is 2.67. The van der Waals surface area contributed by atoms with Crippen LogP contribution in [0.15, 0.2) is 22.2 Å². The van der Waals surface area contributed by atoms with Crippen molar-refractivity contribution in [3.05, 3.63) is 11.9 Å². The molecule has 0 bridgehead atoms. The first-order valence-electron chi connectivity index (χ1n) is 6.22. The van der Waals surface area contributed by atoms with E-state index in [2.05, 4.69) is 30.8 Å². The zero-order valence-electron chi connectivity index (χ0n) is 11.6. The van der Waals surface area contributed by atoms with E-state index in [-0.39, 0.29) is 17.6 Å². The third-order valence-electron chi connectivity index (χ3n) is 2.67. The van der Waals surface area contributed by atoms with Crippen LogP contribution in [-0.2, 0) is 4.79 Å². The van der Waals surface area contributed by atoms with E-state index >= 15 is 0 Å². The summed E-state index contributed by atoms with van der Waals surface area (Å²) in [5.41, 5.74) is 7.90. The number of hydrazine groups is 1. The van der Waals surface area contributed by atoms with Gasteiger partial charge in [0.1, 0.15) is 0 Å². The Morgan fingerprint density at radius 3 is 2.71 bits per heavy atom. The fraction of sp³-hybridized carbons (Fsp3) is 0.400. The van der Waals surface area contributed by atoms with Crippen LogP contribution in [0.2, 0.25) is 0 Å². The summed E-state index contributed by atoms with van der Waals surface area (Å²) in [5.74, 6) is -0.661. The summed E-state index contributed by atoms with van der Waals surface area (Å²) in [5, 5.41) is 17.0. The molecule has 11 nitrogen and oxygen atoms in total. The van der Waals surface area contributed by atoms with Crippen LogP contribution in [0.5, 0.6) is 0 Å². The van der Waals surface area contributed by atoms with Gasteiger partial charge in [-0.15, -0.1) is 5.11 Å². The number of nitrogens with one attached hydrogen (secondary N) is 1. The minimum absolute atomic E-state index is 0.0245. The van der Waals surface area contributed by atoms with E-state index in [1.807, 2.05) is 18.7 Å². The number of carboxylic acids is 1. The van der Waals surface area contributed by atoms with Crippen LogP contribution < -0.4 is 21.2 Å². The monoisotopic (exact) mass is 293 g/mol. The van der Waals surface area contributed by atoms with E-state index in [0.717, 1.165) is 0 Å². The molecule has 1 aliphatic rings. The lowest BCUT2D eigenvalue weighted by Crippen LogP contribution is -2.34. The molecule has 2 rings (SSSR count). The van der Waals surface area contributed by atoms with Gasteiger partial charge in [0.2, 0.25) is 11.9 Å². The first kappa shape index (κ1) is 14.4. The van der Waals surface area contributed by atoms with Crippen molar-refractivity contribution in [2.75, 3.05) is 28.7 Å². The standard InChI is InChI=1S/C10H15N9O2/c1-3-18(4-2)9-12-8(11)13-10(14-9)19-5-6(7(20)21)15-16-17-19/h5H,3-4H2,1-2H3,(H,15,17)(H,20,21)(H2,11,12,13,14). The van der Waals surface area contributed by atoms with Gasteiger partial charge in [0.15, 0.2) is 5.70 Å². The van der Waals surface area contributed by atoms with Gasteiger partial charge in [0.25, 0.3) is 5.95 Å². The van der Waals surface area contributed by atoms with Crippen molar-refractivity contribution in [3.8, 4) is 0 Å². The van der Waals surface area contributed by atoms with Crippen molar-refractivity contribution in [1.82, 2.24) is 20.5 Å². The van der Waals surface area contributed by atoms with Gasteiger partial charge in [-0.25, -0.2) is 9.80 Å². The number of nitrogens with zero attached hydrogens (tertiary/aromatic N) is 7. The van der Waals surface area contributed by atoms with Crippen molar-refractivity contribution in [3.63, 3.8) is 0 Å². The van der Waals surface area contributed by atoms with E-state index in [4.69, 9.17) is 10.8 Å². The number of carbonyl (C=O) groups is 1. The number of aromatic nitrogens is 3. The molecule has 0 atom stereocenters. The second kappa shape index (κ2) is 5.98. The van der Waals surface area contributed by atoms with Crippen LogP contribution >= 0.6 is 0 Å². The number of nitrogens with two attached hydrogens (primary N) is 1. The summed E-state index contributed by atoms with van der Waals surface area (Å²) >= 11 is 0. The molecule has 0 aromatic carbocycles. The summed E-state index contributed by atoms with van der Waals surface area (Å²) < 4.78 is 0. The van der Waals surface area contributed by atoms with Crippen molar-refractivity contribution < 1.29 is 9.90 Å². The summed E-state index contributed by atoms with van der Waals surface area (Å²) in [4.78, 5) is 25.0. The van der Waals surface area contributed by atoms with Crippen LogP contribution in [0.25, 0.3) is 0 Å². The van der Waals surface area contributed by atoms with Gasteiger partial charge in [-0.2, -0.15) is 20.5 Å². The summed E-state index contributed by atoms with van der Waals surface area (Å²) in [6.45, 7) is 5.31. The molecule has 21 heavy (non-hydrogen) atoms. The molecule has 1 aromatic heterocycles. The van der Waals surface area contributed by atoms with Crippen LogP contribution in [0.1, 0.15) is 13.8 Å². The smallest absolute Gasteiger partial charge is 0.358 e. The molecule has 1 aliphatic heterocycles. The Morgan fingerprint density at radius 2 is 2.10 bits per heavy atom. The number of carboxylic acid groups (broad SMARTS) is 1. The number of hydrogen-bond acceptors (Lipinski definition) is 10. The topological polar surface area (TPSA) is 145 Å². The first-order chi connectivity index (χ1) is 10.0. The quantitative estimate of drug-likeness (QED) is 0.678. The van der Waals surface area contributed by atoms with Gasteiger partial charge in [0, 0.05) is 13.1 Å². The molecule has 11 heteroatoms. The Bertz CT molecular complexity index is 596. The third kappa shape index (κ3) is 3.13. The number of anilines is 3. The molecule has 0 amide bonds. The Kier molecular flexibility index (Phi) is 4.11. The highest BCUT2D eigenvalue weighted by molar-refractivity contribution is 5.86. The predicted molar refractivity (Wildman–Crippen MR) is 74.0 cm³/mol. The highest BCUT2D eigenvalue weighted by Crippen LogP contribution is 2.17. The maximum atomic E-state index is 10.9. The van der Waals surface area contributed by atoms with Crippen molar-refractivity contribution in [1.29, 1.82) is 0 Å². The summed E-state index contributed by atoms with van der Waals surface area (Å²) in [6.07, 6.45) is 1.20. The van der Waals surface area contributed by atoms with Crippen LogP contribution in [-0.4, -0.2) is 39.1 Å². The molecule has 0 saturated carbocycles. The highest BCUT2D eigenvalue weighted by Gasteiger charge is 2.19. The van der Waals surface area contributed by atoms with E-state index in [0.29, 0.717) is 19.0 Å². The molecule has 0 spiro atoms. The molecule has 4 N–H and O–H groups in total. The van der Waals surface area contributed by atoms with Gasteiger partial charge in [-0.1, -0.05) is 5.22 Å². The average molecular weight is 293 g/mol. The number of rotatable bonds is 5. The molecule has 2 heterocycles. The summed E-state index contributed by atoms with van der Waals surface area (Å²) in [7, 11) is 0. The predicted octanol–water partition coefficient (Wildman–Crippen LogP) is -0.0822. The van der Waals surface area contributed by atoms with Crippen LogP contribution in [0, 0.1) is 0 Å². The first-order valence-corrected chi connectivity index (χ1v) is 6.22. The zero-order chi connectivity index (χ0) is 15.4. The highest BCUT2D eigenvalue weighted by atomic mass is 16.4. The molecule has 0 saturated heterocycles. The van der Waals surface area contributed by atoms with Crippen molar-refractivity contribution >= 4 is 23.8 Å². The lowest BCUT2D eigenvalue weighted by atomic mass is 10.5. The molecule has 0 radical (unpaired) electrons. The number of nitrogen functional groups attached to an aromatic ring is 1. The van der Waals surface area contributed by atoms with Gasteiger partial charge in [0.05, 0.1) is 6.20 Å². The minimum atomic E-state index is -1.21. The van der Waals surface area contributed by atoms with Gasteiger partial charge in [-0.05, 0) is 13.8 Å². The summed E-state index contributed by atoms with van der Waals surface area (Å²) in [6, 6.07) is 0. The lowest BCUT2D eigenvalue weighted by Gasteiger charge is -2.22. The minimum Gasteiger partial charge on any atom is -0.476 e. The average Bonchev–Trinajstić information content (AvgIpc) is 2.48. The normalized spacial score (nSPS) is 13.6. The molecule has 0 unspecified atom stereocenters. The van der Waals surface area contributed by atoms with Gasteiger partial charge < -0.3 is 15.7 Å². The SMILES string of the molecule is CCN(CC)c1nc(N)nc(N2C=C(C(=O)O)N=NN2)n1. The van der Waals surface area contributed by atoms with Gasteiger partial charge in [-0.3, -0.25) is 0 Å². The lowest BCUT2D eigenvalue weighted by molar-refractivity contribution is -0.132. The van der Waals surface area contributed by atoms with Crippen LogP contribution in [0.3, 0.4) is 0 Å². The van der Waals surface area contributed by atoms with Crippen molar-refractivity contribution in [2.45, 2.75) is 13.8 Å². The number of aliphatic carboxylic acids is 1. The molecule has 112 valence electrons. The Hall–Kier alpha value is -2.98. The second-order valence-corrected chi connectivity index (χ2v) is 3.96.